The maximum absolute atomic E-state index is 12.8. The molecule has 0 atom stereocenters. The van der Waals surface area contributed by atoms with Gasteiger partial charge in [0.1, 0.15) is 17.3 Å². The van der Waals surface area contributed by atoms with Crippen LogP contribution in [0.1, 0.15) is 5.56 Å². The van der Waals surface area contributed by atoms with Crippen LogP contribution in [0.2, 0.25) is 0 Å². The van der Waals surface area contributed by atoms with Crippen LogP contribution in [0, 0.1) is 5.82 Å². The van der Waals surface area contributed by atoms with Crippen LogP contribution >= 0.6 is 11.8 Å². The number of carboxylic acid groups (broad SMARTS) is 1. The number of thioether (sulfide) groups is 1. The quantitative estimate of drug-likeness (QED) is 0.876. The molecule has 1 N–H and O–H groups in total. The Kier molecular flexibility index (Phi) is 5.01. The van der Waals surface area contributed by atoms with Crippen LogP contribution in [-0.4, -0.2) is 16.8 Å². The summed E-state index contributed by atoms with van der Waals surface area (Å²) in [5.41, 5.74) is 0.906. The normalized spacial score (nSPS) is 10.2. The maximum Gasteiger partial charge on any atom is 0.313 e. The van der Waals surface area contributed by atoms with Gasteiger partial charge in [-0.15, -0.1) is 11.8 Å². The molecule has 20 heavy (non-hydrogen) atoms. The molecule has 104 valence electrons. The predicted molar refractivity (Wildman–Crippen MR) is 76.7 cm³/mol. The zero-order chi connectivity index (χ0) is 14.4. The van der Waals surface area contributed by atoms with Crippen LogP contribution < -0.4 is 4.74 Å². The number of para-hydroxylation sites is 1. The van der Waals surface area contributed by atoms with E-state index in [0.717, 1.165) is 5.56 Å². The molecule has 0 aliphatic heterocycles. The minimum atomic E-state index is -0.841. The van der Waals surface area contributed by atoms with Crippen LogP contribution in [0.3, 0.4) is 0 Å². The fourth-order valence-corrected chi connectivity index (χ4v) is 2.34. The molecule has 2 rings (SSSR count). The summed E-state index contributed by atoms with van der Waals surface area (Å²) >= 11 is 1.30. The number of rotatable bonds is 6. The third-order valence-corrected chi connectivity index (χ3v) is 3.46. The number of hydrogen-bond donors (Lipinski definition) is 1. The van der Waals surface area contributed by atoms with Gasteiger partial charge < -0.3 is 9.84 Å². The highest BCUT2D eigenvalue weighted by atomic mass is 32.2. The molecule has 0 aliphatic rings. The van der Waals surface area contributed by atoms with Gasteiger partial charge in [0.15, 0.2) is 0 Å². The number of carboxylic acids is 1. The number of hydrogen-bond acceptors (Lipinski definition) is 3. The van der Waals surface area contributed by atoms with E-state index in [1.807, 2.05) is 18.2 Å². The first-order valence-electron chi connectivity index (χ1n) is 5.96. The molecule has 5 heteroatoms. The van der Waals surface area contributed by atoms with Crippen LogP contribution in [0.25, 0.3) is 0 Å². The van der Waals surface area contributed by atoms with Gasteiger partial charge in [-0.2, -0.15) is 0 Å². The number of carbonyl (C=O) groups is 1. The van der Waals surface area contributed by atoms with Crippen molar-refractivity contribution in [2.75, 3.05) is 5.75 Å². The van der Waals surface area contributed by atoms with E-state index in [0.29, 0.717) is 17.3 Å². The first-order chi connectivity index (χ1) is 9.65. The van der Waals surface area contributed by atoms with Gasteiger partial charge in [-0.05, 0) is 30.3 Å². The molecule has 0 saturated heterocycles. The fraction of sp³-hybridized carbons (Fsp3) is 0.133. The van der Waals surface area contributed by atoms with E-state index < -0.39 is 5.97 Å². The van der Waals surface area contributed by atoms with Crippen molar-refractivity contribution < 1.29 is 19.0 Å². The summed E-state index contributed by atoms with van der Waals surface area (Å²) in [5, 5.41) is 8.63. The van der Waals surface area contributed by atoms with E-state index in [1.54, 1.807) is 18.2 Å². The molecule has 0 spiro atoms. The minimum absolute atomic E-state index is 0.0465. The average Bonchev–Trinajstić information content (AvgIpc) is 2.43. The van der Waals surface area contributed by atoms with Crippen molar-refractivity contribution in [1.82, 2.24) is 0 Å². The van der Waals surface area contributed by atoms with Crippen molar-refractivity contribution in [2.24, 2.45) is 0 Å². The summed E-state index contributed by atoms with van der Waals surface area (Å²) in [6.45, 7) is 0. The molecule has 0 unspecified atom stereocenters. The maximum atomic E-state index is 12.8. The van der Waals surface area contributed by atoms with Crippen molar-refractivity contribution in [1.29, 1.82) is 0 Å². The zero-order valence-corrected chi connectivity index (χ0v) is 11.4. The lowest BCUT2D eigenvalue weighted by Gasteiger charge is -2.10. The van der Waals surface area contributed by atoms with Gasteiger partial charge in [-0.1, -0.05) is 18.2 Å². The second-order valence-corrected chi connectivity index (χ2v) is 5.04. The molecule has 0 radical (unpaired) electrons. The number of aliphatic carboxylic acids is 1. The first-order valence-corrected chi connectivity index (χ1v) is 7.11. The number of benzene rings is 2. The lowest BCUT2D eigenvalue weighted by Crippen LogP contribution is -1.98. The molecule has 0 amide bonds. The molecular weight excluding hydrogens is 279 g/mol. The lowest BCUT2D eigenvalue weighted by atomic mass is 10.2. The zero-order valence-electron chi connectivity index (χ0n) is 10.6. The highest BCUT2D eigenvalue weighted by Gasteiger charge is 2.06. The van der Waals surface area contributed by atoms with Crippen molar-refractivity contribution in [2.45, 2.75) is 5.75 Å². The summed E-state index contributed by atoms with van der Waals surface area (Å²) in [6, 6.07) is 13.2. The highest BCUT2D eigenvalue weighted by Crippen LogP contribution is 2.28. The molecule has 0 aliphatic carbocycles. The van der Waals surface area contributed by atoms with E-state index in [9.17, 15) is 9.18 Å². The van der Waals surface area contributed by atoms with Crippen LogP contribution in [-0.2, 0) is 10.5 Å². The lowest BCUT2D eigenvalue weighted by molar-refractivity contribution is -0.133. The minimum Gasteiger partial charge on any atom is -0.481 e. The second-order valence-electron chi connectivity index (χ2n) is 4.05. The van der Waals surface area contributed by atoms with Crippen molar-refractivity contribution in [3.05, 3.63) is 59.9 Å². The van der Waals surface area contributed by atoms with E-state index >= 15 is 0 Å². The smallest absolute Gasteiger partial charge is 0.313 e. The topological polar surface area (TPSA) is 46.5 Å². The Morgan fingerprint density at radius 3 is 2.55 bits per heavy atom. The Labute approximate surface area is 120 Å². The molecule has 2 aromatic carbocycles. The first kappa shape index (κ1) is 14.4. The summed E-state index contributed by atoms with van der Waals surface area (Å²) in [5.74, 6) is 0.628. The summed E-state index contributed by atoms with van der Waals surface area (Å²) in [7, 11) is 0. The summed E-state index contributed by atoms with van der Waals surface area (Å²) in [4.78, 5) is 10.5. The second kappa shape index (κ2) is 6.96. The average molecular weight is 292 g/mol. The third kappa shape index (κ3) is 4.28. The highest BCUT2D eigenvalue weighted by molar-refractivity contribution is 7.99. The van der Waals surface area contributed by atoms with E-state index in [1.165, 1.54) is 23.9 Å². The fourth-order valence-electron chi connectivity index (χ4n) is 1.60. The van der Waals surface area contributed by atoms with Gasteiger partial charge in [-0.3, -0.25) is 4.79 Å². The van der Waals surface area contributed by atoms with Crippen molar-refractivity contribution >= 4 is 17.7 Å². The summed E-state index contributed by atoms with van der Waals surface area (Å²) < 4.78 is 18.5. The Bertz CT molecular complexity index is 584. The molecule has 0 heterocycles. The Morgan fingerprint density at radius 2 is 1.85 bits per heavy atom. The summed E-state index contributed by atoms with van der Waals surface area (Å²) in [6.07, 6.45) is 0. The largest absolute Gasteiger partial charge is 0.481 e. The van der Waals surface area contributed by atoms with Gasteiger partial charge in [0.2, 0.25) is 0 Å². The molecule has 0 saturated carbocycles. The van der Waals surface area contributed by atoms with E-state index in [4.69, 9.17) is 9.84 Å². The molecule has 2 aromatic rings. The van der Waals surface area contributed by atoms with Crippen LogP contribution in [0.15, 0.2) is 48.5 Å². The SMILES string of the molecule is O=C(O)CSCc1ccccc1Oc1ccc(F)cc1. The molecular formula is C15H13FO3S. The van der Waals surface area contributed by atoms with Gasteiger partial charge in [0.05, 0.1) is 5.75 Å². The Hall–Kier alpha value is -2.01. The molecule has 0 aromatic heterocycles. The van der Waals surface area contributed by atoms with Crippen LogP contribution in [0.5, 0.6) is 11.5 Å². The molecule has 3 nitrogen and oxygen atoms in total. The number of ether oxygens (including phenoxy) is 1. The number of halogens is 1. The predicted octanol–water partition coefficient (Wildman–Crippen LogP) is 3.94. The van der Waals surface area contributed by atoms with Crippen molar-refractivity contribution in [3.63, 3.8) is 0 Å². The Balaban J connectivity index is 2.07. The van der Waals surface area contributed by atoms with Crippen LogP contribution in [0.4, 0.5) is 4.39 Å². The van der Waals surface area contributed by atoms with Gasteiger partial charge in [0, 0.05) is 11.3 Å². The molecule has 0 bridgehead atoms. The van der Waals surface area contributed by atoms with E-state index in [2.05, 4.69) is 0 Å². The van der Waals surface area contributed by atoms with E-state index in [-0.39, 0.29) is 11.6 Å². The standard InChI is InChI=1S/C15H13FO3S/c16-12-5-7-13(8-6-12)19-14-4-2-1-3-11(14)9-20-10-15(17)18/h1-8H,9-10H2,(H,17,18). The van der Waals surface area contributed by atoms with Crippen molar-refractivity contribution in [3.8, 4) is 11.5 Å². The monoisotopic (exact) mass is 292 g/mol. The third-order valence-electron chi connectivity index (χ3n) is 2.50. The van der Waals surface area contributed by atoms with Gasteiger partial charge >= 0.3 is 5.97 Å². The van der Waals surface area contributed by atoms with Gasteiger partial charge in [-0.25, -0.2) is 4.39 Å². The van der Waals surface area contributed by atoms with Gasteiger partial charge in [0.25, 0.3) is 0 Å². The Morgan fingerprint density at radius 1 is 1.15 bits per heavy atom. The molecule has 0 fully saturated rings.